The number of benzene rings is 2. The van der Waals surface area contributed by atoms with Gasteiger partial charge in [0.2, 0.25) is 0 Å². The van der Waals surface area contributed by atoms with E-state index < -0.39 is 0 Å². The van der Waals surface area contributed by atoms with E-state index in [9.17, 15) is 0 Å². The highest BCUT2D eigenvalue weighted by Gasteiger charge is 2.12. The lowest BCUT2D eigenvalue weighted by Crippen LogP contribution is -2.27. The number of rotatable bonds is 7. The van der Waals surface area contributed by atoms with Gasteiger partial charge < -0.3 is 14.8 Å². The zero-order chi connectivity index (χ0) is 17.7. The van der Waals surface area contributed by atoms with Crippen LogP contribution in [-0.4, -0.2) is 20.3 Å². The van der Waals surface area contributed by atoms with Crippen molar-refractivity contribution >= 4 is 34.2 Å². The molecular weight excluding hydrogens is 437 g/mol. The topological polar surface area (TPSA) is 30.5 Å². The first-order valence-corrected chi connectivity index (χ1v) is 9.28. The van der Waals surface area contributed by atoms with E-state index in [2.05, 4.69) is 53.9 Å². The van der Waals surface area contributed by atoms with Crippen LogP contribution in [0.15, 0.2) is 30.3 Å². The first kappa shape index (κ1) is 19.3. The summed E-state index contributed by atoms with van der Waals surface area (Å²) in [7, 11) is 3.39. The van der Waals surface area contributed by atoms with Crippen LogP contribution in [0.3, 0.4) is 0 Å². The van der Waals surface area contributed by atoms with E-state index in [1.807, 2.05) is 18.2 Å². The monoisotopic (exact) mass is 459 g/mol. The molecule has 0 amide bonds. The van der Waals surface area contributed by atoms with Gasteiger partial charge in [0.15, 0.2) is 0 Å². The minimum absolute atomic E-state index is 0.294. The van der Waals surface area contributed by atoms with Crippen LogP contribution in [0.4, 0.5) is 0 Å². The molecule has 2 aromatic carbocycles. The molecule has 0 saturated heterocycles. The Morgan fingerprint density at radius 2 is 1.79 bits per heavy atom. The fourth-order valence-electron chi connectivity index (χ4n) is 2.69. The number of aryl methyl sites for hydroxylation is 1. The Bertz CT molecular complexity index is 686. The summed E-state index contributed by atoms with van der Waals surface area (Å²) in [6.07, 6.45) is 0.857. The predicted molar refractivity (Wildman–Crippen MR) is 108 cm³/mol. The van der Waals surface area contributed by atoms with Crippen LogP contribution in [0.1, 0.15) is 23.6 Å². The van der Waals surface area contributed by atoms with E-state index in [1.165, 1.54) is 11.1 Å². The average molecular weight is 460 g/mol. The minimum atomic E-state index is 0.294. The van der Waals surface area contributed by atoms with E-state index >= 15 is 0 Å². The molecule has 24 heavy (non-hydrogen) atoms. The normalized spacial score (nSPS) is 12.1. The molecular formula is C19H23ClINO2. The summed E-state index contributed by atoms with van der Waals surface area (Å²) in [6, 6.07) is 10.5. The maximum Gasteiger partial charge on any atom is 0.132 e. The van der Waals surface area contributed by atoms with Crippen molar-refractivity contribution < 1.29 is 9.47 Å². The fourth-order valence-corrected chi connectivity index (χ4v) is 3.66. The number of halogens is 2. The third-order valence-corrected chi connectivity index (χ3v) is 4.90. The number of nitrogens with one attached hydrogen (secondary N) is 1. The van der Waals surface area contributed by atoms with Gasteiger partial charge in [-0.3, -0.25) is 0 Å². The molecule has 0 heterocycles. The second-order valence-electron chi connectivity index (χ2n) is 5.92. The van der Waals surface area contributed by atoms with Crippen LogP contribution in [0.2, 0.25) is 5.02 Å². The lowest BCUT2D eigenvalue weighted by Gasteiger charge is -2.18. The van der Waals surface area contributed by atoms with Crippen molar-refractivity contribution in [1.29, 1.82) is 0 Å². The van der Waals surface area contributed by atoms with Gasteiger partial charge in [0.1, 0.15) is 11.5 Å². The smallest absolute Gasteiger partial charge is 0.132 e. The van der Waals surface area contributed by atoms with Gasteiger partial charge in [0.25, 0.3) is 0 Å². The first-order valence-electron chi connectivity index (χ1n) is 7.82. The van der Waals surface area contributed by atoms with Crippen LogP contribution in [0.5, 0.6) is 11.5 Å². The summed E-state index contributed by atoms with van der Waals surface area (Å²) in [5.74, 6) is 1.77. The molecule has 0 aliphatic heterocycles. The van der Waals surface area contributed by atoms with Gasteiger partial charge >= 0.3 is 0 Å². The van der Waals surface area contributed by atoms with Gasteiger partial charge in [-0.2, -0.15) is 0 Å². The van der Waals surface area contributed by atoms with Gasteiger partial charge in [0, 0.05) is 17.6 Å². The van der Waals surface area contributed by atoms with Gasteiger partial charge in [-0.25, -0.2) is 0 Å². The molecule has 0 bridgehead atoms. The van der Waals surface area contributed by atoms with Crippen molar-refractivity contribution in [2.45, 2.75) is 32.9 Å². The summed E-state index contributed by atoms with van der Waals surface area (Å²) in [5.41, 5.74) is 3.51. The average Bonchev–Trinajstić information content (AvgIpc) is 2.53. The Kier molecular flexibility index (Phi) is 7.19. The van der Waals surface area contributed by atoms with Crippen LogP contribution in [0.25, 0.3) is 0 Å². The highest BCUT2D eigenvalue weighted by molar-refractivity contribution is 14.1. The fraction of sp³-hybridized carbons (Fsp3) is 0.368. The lowest BCUT2D eigenvalue weighted by atomic mass is 10.0. The van der Waals surface area contributed by atoms with Crippen LogP contribution in [-0.2, 0) is 13.0 Å². The molecule has 1 atom stereocenters. The van der Waals surface area contributed by atoms with Gasteiger partial charge in [0.05, 0.1) is 17.8 Å². The standard InChI is InChI=1S/C19H23ClINO2/c1-12-5-14(8-16(20)6-12)11-22-13(2)7-15-9-19(24-4)17(21)10-18(15)23-3/h5-6,8-10,13,22H,7,11H2,1-4H3. The van der Waals surface area contributed by atoms with E-state index in [0.717, 1.165) is 38.6 Å². The Morgan fingerprint density at radius 1 is 1.08 bits per heavy atom. The summed E-state index contributed by atoms with van der Waals surface area (Å²) in [5, 5.41) is 4.33. The molecule has 0 radical (unpaired) electrons. The zero-order valence-electron chi connectivity index (χ0n) is 14.5. The minimum Gasteiger partial charge on any atom is -0.496 e. The van der Waals surface area contributed by atoms with E-state index in [1.54, 1.807) is 14.2 Å². The number of hydrogen-bond acceptors (Lipinski definition) is 3. The van der Waals surface area contributed by atoms with Crippen LogP contribution in [0, 0.1) is 10.5 Å². The van der Waals surface area contributed by atoms with Gasteiger partial charge in [-0.1, -0.05) is 17.7 Å². The molecule has 130 valence electrons. The quantitative estimate of drug-likeness (QED) is 0.592. The molecule has 1 unspecified atom stereocenters. The Balaban J connectivity index is 2.05. The Morgan fingerprint density at radius 3 is 2.42 bits per heavy atom. The molecule has 0 saturated carbocycles. The first-order chi connectivity index (χ1) is 11.4. The summed E-state index contributed by atoms with van der Waals surface area (Å²) in [4.78, 5) is 0. The maximum atomic E-state index is 6.12. The van der Waals surface area contributed by atoms with Gasteiger partial charge in [-0.05, 0) is 83.8 Å². The number of hydrogen-bond donors (Lipinski definition) is 1. The largest absolute Gasteiger partial charge is 0.496 e. The molecule has 2 aromatic rings. The molecule has 0 aliphatic rings. The zero-order valence-corrected chi connectivity index (χ0v) is 17.4. The van der Waals surface area contributed by atoms with E-state index in [4.69, 9.17) is 21.1 Å². The molecule has 5 heteroatoms. The summed E-state index contributed by atoms with van der Waals surface area (Å²) in [6.45, 7) is 5.01. The second kappa shape index (κ2) is 8.92. The molecule has 1 N–H and O–H groups in total. The van der Waals surface area contributed by atoms with Crippen molar-refractivity contribution in [1.82, 2.24) is 5.32 Å². The van der Waals surface area contributed by atoms with Crippen molar-refractivity contribution in [2.75, 3.05) is 14.2 Å². The summed E-state index contributed by atoms with van der Waals surface area (Å²) >= 11 is 8.38. The third-order valence-electron chi connectivity index (χ3n) is 3.84. The van der Waals surface area contributed by atoms with Gasteiger partial charge in [-0.15, -0.1) is 0 Å². The molecule has 0 aromatic heterocycles. The van der Waals surface area contributed by atoms with E-state index in [-0.39, 0.29) is 0 Å². The SMILES string of the molecule is COc1cc(CC(C)NCc2cc(C)cc(Cl)c2)c(OC)cc1I. The molecule has 0 fully saturated rings. The third kappa shape index (κ3) is 5.26. The molecule has 0 spiro atoms. The van der Waals surface area contributed by atoms with Crippen molar-refractivity contribution in [3.63, 3.8) is 0 Å². The highest BCUT2D eigenvalue weighted by Crippen LogP contribution is 2.30. The Labute approximate surface area is 162 Å². The number of methoxy groups -OCH3 is 2. The van der Waals surface area contributed by atoms with Crippen LogP contribution < -0.4 is 14.8 Å². The molecule has 2 rings (SSSR count). The number of ether oxygens (including phenoxy) is 2. The van der Waals surface area contributed by atoms with Crippen molar-refractivity contribution in [3.8, 4) is 11.5 Å². The van der Waals surface area contributed by atoms with Crippen molar-refractivity contribution in [3.05, 3.63) is 55.6 Å². The Hall–Kier alpha value is -0.980. The molecule has 0 aliphatic carbocycles. The second-order valence-corrected chi connectivity index (χ2v) is 7.52. The van der Waals surface area contributed by atoms with Crippen LogP contribution >= 0.6 is 34.2 Å². The lowest BCUT2D eigenvalue weighted by molar-refractivity contribution is 0.393. The predicted octanol–water partition coefficient (Wildman–Crippen LogP) is 4.99. The molecule has 3 nitrogen and oxygen atoms in total. The highest BCUT2D eigenvalue weighted by atomic mass is 127. The maximum absolute atomic E-state index is 6.12. The van der Waals surface area contributed by atoms with Crippen molar-refractivity contribution in [2.24, 2.45) is 0 Å². The van der Waals surface area contributed by atoms with E-state index in [0.29, 0.717) is 6.04 Å². The summed E-state index contributed by atoms with van der Waals surface area (Å²) < 4.78 is 12.0.